The molecule has 0 aromatic carbocycles. The molecule has 0 radical (unpaired) electrons. The summed E-state index contributed by atoms with van der Waals surface area (Å²) in [5.41, 5.74) is -1.18. The molecule has 0 amide bonds. The van der Waals surface area contributed by atoms with E-state index >= 15 is 0 Å². The first-order chi connectivity index (χ1) is 7.05. The molecule has 2 N–H and O–H groups in total. The van der Waals surface area contributed by atoms with Gasteiger partial charge in [-0.25, -0.2) is 8.42 Å². The van der Waals surface area contributed by atoms with Crippen LogP contribution in [0.4, 0.5) is 0 Å². The Morgan fingerprint density at radius 2 is 1.94 bits per heavy atom. The van der Waals surface area contributed by atoms with E-state index in [9.17, 15) is 18.6 Å². The Bertz CT molecular complexity index is 345. The maximum absolute atomic E-state index is 11.2. The third-order valence-electron chi connectivity index (χ3n) is 3.67. The molecule has 0 bridgehead atoms. The molecule has 0 aromatic rings. The average molecular weight is 250 g/mol. The molecule has 1 rings (SSSR count). The van der Waals surface area contributed by atoms with E-state index < -0.39 is 21.5 Å². The molecule has 1 fully saturated rings. The van der Waals surface area contributed by atoms with Crippen LogP contribution in [0.25, 0.3) is 0 Å². The van der Waals surface area contributed by atoms with Gasteiger partial charge < -0.3 is 10.2 Å². The predicted molar refractivity (Wildman–Crippen MR) is 62.8 cm³/mol. The summed E-state index contributed by atoms with van der Waals surface area (Å²) in [6.45, 7) is 5.56. The molecule has 0 aliphatic heterocycles. The lowest BCUT2D eigenvalue weighted by Crippen LogP contribution is -2.43. The highest BCUT2D eigenvalue weighted by atomic mass is 32.2. The van der Waals surface area contributed by atoms with Crippen molar-refractivity contribution in [3.8, 4) is 0 Å². The number of hydrogen-bond acceptors (Lipinski definition) is 4. The van der Waals surface area contributed by atoms with Crippen LogP contribution >= 0.6 is 0 Å². The van der Waals surface area contributed by atoms with E-state index in [0.29, 0.717) is 6.42 Å². The zero-order valence-electron chi connectivity index (χ0n) is 10.3. The molecule has 4 atom stereocenters. The SMILES string of the molecule is CC(C)[C@@H]1C[C@H](CS(C)(=O)=O)[C@@H](O)[C@@]1(C)O. The molecule has 5 heteroatoms. The fourth-order valence-corrected chi connectivity index (χ4v) is 3.98. The molecule has 1 saturated carbocycles. The highest BCUT2D eigenvalue weighted by Gasteiger charge is 2.51. The van der Waals surface area contributed by atoms with Gasteiger partial charge in [0.2, 0.25) is 0 Å². The van der Waals surface area contributed by atoms with Crippen LogP contribution < -0.4 is 0 Å². The Morgan fingerprint density at radius 1 is 1.44 bits per heavy atom. The van der Waals surface area contributed by atoms with Crippen LogP contribution in [-0.2, 0) is 9.84 Å². The van der Waals surface area contributed by atoms with Crippen molar-refractivity contribution in [2.24, 2.45) is 17.8 Å². The van der Waals surface area contributed by atoms with Gasteiger partial charge in [0.05, 0.1) is 17.5 Å². The fourth-order valence-electron chi connectivity index (χ4n) is 2.89. The molecular formula is C11H22O4S. The van der Waals surface area contributed by atoms with Crippen molar-refractivity contribution >= 4 is 9.84 Å². The average Bonchev–Trinajstić information content (AvgIpc) is 2.26. The highest BCUT2D eigenvalue weighted by Crippen LogP contribution is 2.44. The van der Waals surface area contributed by atoms with Gasteiger partial charge >= 0.3 is 0 Å². The van der Waals surface area contributed by atoms with Crippen molar-refractivity contribution in [2.45, 2.75) is 38.9 Å². The van der Waals surface area contributed by atoms with Gasteiger partial charge in [0.15, 0.2) is 0 Å². The van der Waals surface area contributed by atoms with Crippen LogP contribution in [0.15, 0.2) is 0 Å². The summed E-state index contributed by atoms with van der Waals surface area (Å²) in [7, 11) is -3.11. The number of aliphatic hydroxyl groups is 2. The normalized spacial score (nSPS) is 40.6. The molecule has 4 nitrogen and oxygen atoms in total. The van der Waals surface area contributed by atoms with Crippen molar-refractivity contribution in [3.63, 3.8) is 0 Å². The van der Waals surface area contributed by atoms with Gasteiger partial charge in [0.1, 0.15) is 9.84 Å². The lowest BCUT2D eigenvalue weighted by atomic mass is 9.83. The molecule has 0 unspecified atom stereocenters. The van der Waals surface area contributed by atoms with Crippen molar-refractivity contribution in [1.29, 1.82) is 0 Å². The first-order valence-corrected chi connectivity index (χ1v) is 7.70. The Hall–Kier alpha value is -0.130. The van der Waals surface area contributed by atoms with E-state index in [0.717, 1.165) is 6.26 Å². The quantitative estimate of drug-likeness (QED) is 0.762. The van der Waals surface area contributed by atoms with Gasteiger partial charge in [-0.05, 0) is 25.2 Å². The van der Waals surface area contributed by atoms with Crippen LogP contribution in [0.5, 0.6) is 0 Å². The second-order valence-electron chi connectivity index (χ2n) is 5.61. The summed E-state index contributed by atoms with van der Waals surface area (Å²) in [4.78, 5) is 0. The first kappa shape index (κ1) is 13.9. The smallest absolute Gasteiger partial charge is 0.147 e. The van der Waals surface area contributed by atoms with E-state index in [1.54, 1.807) is 6.92 Å². The maximum Gasteiger partial charge on any atom is 0.147 e. The molecular weight excluding hydrogens is 228 g/mol. The van der Waals surface area contributed by atoms with Crippen molar-refractivity contribution in [2.75, 3.05) is 12.0 Å². The number of sulfone groups is 1. The summed E-state index contributed by atoms with van der Waals surface area (Å²) >= 11 is 0. The van der Waals surface area contributed by atoms with Gasteiger partial charge in [0, 0.05) is 12.2 Å². The van der Waals surface area contributed by atoms with E-state index in [1.807, 2.05) is 13.8 Å². The number of hydrogen-bond donors (Lipinski definition) is 2. The molecule has 16 heavy (non-hydrogen) atoms. The predicted octanol–water partition coefficient (Wildman–Crippen LogP) is 0.435. The van der Waals surface area contributed by atoms with E-state index in [2.05, 4.69) is 0 Å². The third-order valence-corrected chi connectivity index (χ3v) is 4.71. The molecule has 1 aliphatic rings. The molecule has 0 heterocycles. The number of rotatable bonds is 3. The fraction of sp³-hybridized carbons (Fsp3) is 1.00. The molecule has 0 saturated heterocycles. The lowest BCUT2D eigenvalue weighted by Gasteiger charge is -2.31. The van der Waals surface area contributed by atoms with Crippen LogP contribution in [0.2, 0.25) is 0 Å². The Balaban J connectivity index is 2.87. The van der Waals surface area contributed by atoms with Crippen molar-refractivity contribution in [1.82, 2.24) is 0 Å². The minimum atomic E-state index is -3.11. The van der Waals surface area contributed by atoms with E-state index in [-0.39, 0.29) is 23.5 Å². The summed E-state index contributed by atoms with van der Waals surface area (Å²) in [6, 6.07) is 0. The lowest BCUT2D eigenvalue weighted by molar-refractivity contribution is -0.0838. The summed E-state index contributed by atoms with van der Waals surface area (Å²) in [5, 5.41) is 20.2. The van der Waals surface area contributed by atoms with E-state index in [1.165, 1.54) is 0 Å². The largest absolute Gasteiger partial charge is 0.390 e. The maximum atomic E-state index is 11.2. The molecule has 1 aliphatic carbocycles. The van der Waals surface area contributed by atoms with Crippen molar-refractivity contribution < 1.29 is 18.6 Å². The topological polar surface area (TPSA) is 74.6 Å². The number of aliphatic hydroxyl groups excluding tert-OH is 1. The van der Waals surface area contributed by atoms with Gasteiger partial charge in [-0.3, -0.25) is 0 Å². The van der Waals surface area contributed by atoms with Crippen LogP contribution in [0, 0.1) is 17.8 Å². The Morgan fingerprint density at radius 3 is 2.25 bits per heavy atom. The van der Waals surface area contributed by atoms with Gasteiger partial charge in [-0.15, -0.1) is 0 Å². The van der Waals surface area contributed by atoms with Crippen LogP contribution in [0.1, 0.15) is 27.2 Å². The van der Waals surface area contributed by atoms with Crippen LogP contribution in [0.3, 0.4) is 0 Å². The summed E-state index contributed by atoms with van der Waals surface area (Å²) in [5.74, 6) is -0.214. The standard InChI is InChI=1S/C11H22O4S/c1-7(2)9-5-8(6-16(4,14)15)10(12)11(9,3)13/h7-10,12-13H,5-6H2,1-4H3/t8-,9+,10-,11+/m1/s1. The Labute approximate surface area is 97.6 Å². The molecule has 0 spiro atoms. The molecule has 96 valence electrons. The van der Waals surface area contributed by atoms with E-state index in [4.69, 9.17) is 0 Å². The third kappa shape index (κ3) is 2.76. The zero-order valence-corrected chi connectivity index (χ0v) is 11.2. The first-order valence-electron chi connectivity index (χ1n) is 5.64. The second kappa shape index (κ2) is 4.27. The van der Waals surface area contributed by atoms with Gasteiger partial charge in [0.25, 0.3) is 0 Å². The summed E-state index contributed by atoms with van der Waals surface area (Å²) in [6.07, 6.45) is 0.783. The second-order valence-corrected chi connectivity index (χ2v) is 7.79. The minimum absolute atomic E-state index is 0.0470. The molecule has 0 aromatic heterocycles. The van der Waals surface area contributed by atoms with Crippen LogP contribution in [-0.4, -0.2) is 42.3 Å². The van der Waals surface area contributed by atoms with Crippen molar-refractivity contribution in [3.05, 3.63) is 0 Å². The van der Waals surface area contributed by atoms with Gasteiger partial charge in [-0.2, -0.15) is 0 Å². The van der Waals surface area contributed by atoms with Gasteiger partial charge in [-0.1, -0.05) is 13.8 Å². The Kier molecular flexibility index (Phi) is 3.72. The minimum Gasteiger partial charge on any atom is -0.390 e. The monoisotopic (exact) mass is 250 g/mol. The summed E-state index contributed by atoms with van der Waals surface area (Å²) < 4.78 is 22.5. The zero-order chi connectivity index (χ0) is 12.7. The highest BCUT2D eigenvalue weighted by molar-refractivity contribution is 7.90.